The van der Waals surface area contributed by atoms with Crippen molar-refractivity contribution in [3.8, 4) is 0 Å². The molecule has 6 heteroatoms. The third-order valence-electron chi connectivity index (χ3n) is 3.54. The van der Waals surface area contributed by atoms with Gasteiger partial charge in [-0.05, 0) is 45.0 Å². The number of nitrogen functional groups attached to an aromatic ring is 1. The quantitative estimate of drug-likeness (QED) is 0.822. The van der Waals surface area contributed by atoms with Crippen LogP contribution in [0, 0.1) is 5.92 Å². The van der Waals surface area contributed by atoms with Crippen LogP contribution in [0.3, 0.4) is 0 Å². The van der Waals surface area contributed by atoms with Gasteiger partial charge in [0.05, 0.1) is 17.4 Å². The van der Waals surface area contributed by atoms with E-state index in [4.69, 9.17) is 17.3 Å². The lowest BCUT2D eigenvalue weighted by atomic mass is 9.97. The first-order valence-electron chi connectivity index (χ1n) is 6.44. The fourth-order valence-electron chi connectivity index (χ4n) is 2.24. The van der Waals surface area contributed by atoms with E-state index >= 15 is 0 Å². The van der Waals surface area contributed by atoms with Crippen LogP contribution in [0.4, 0.5) is 5.69 Å². The van der Waals surface area contributed by atoms with Crippen LogP contribution in [0.5, 0.6) is 0 Å². The van der Waals surface area contributed by atoms with E-state index < -0.39 is 0 Å². The van der Waals surface area contributed by atoms with Gasteiger partial charge in [0.15, 0.2) is 0 Å². The van der Waals surface area contributed by atoms with Gasteiger partial charge >= 0.3 is 0 Å². The third-order valence-corrected chi connectivity index (χ3v) is 3.74. The molecule has 104 valence electrons. The largest absolute Gasteiger partial charge is 0.397 e. The van der Waals surface area contributed by atoms with Crippen LogP contribution in [0.2, 0.25) is 5.15 Å². The Morgan fingerprint density at radius 1 is 1.58 bits per heavy atom. The first-order valence-corrected chi connectivity index (χ1v) is 6.82. The van der Waals surface area contributed by atoms with E-state index in [2.05, 4.69) is 22.2 Å². The van der Waals surface area contributed by atoms with Gasteiger partial charge in [0.2, 0.25) is 0 Å². The minimum Gasteiger partial charge on any atom is -0.397 e. The van der Waals surface area contributed by atoms with Gasteiger partial charge in [0, 0.05) is 6.54 Å². The average Bonchev–Trinajstić information content (AvgIpc) is 2.40. The van der Waals surface area contributed by atoms with Crippen molar-refractivity contribution >= 4 is 23.2 Å². The lowest BCUT2D eigenvalue weighted by Gasteiger charge is -2.28. The summed E-state index contributed by atoms with van der Waals surface area (Å²) >= 11 is 5.77. The normalized spacial score (nSPS) is 17.4. The molecule has 1 saturated heterocycles. The minimum absolute atomic E-state index is 0.180. The van der Waals surface area contributed by atoms with Crippen LogP contribution >= 0.6 is 11.6 Å². The summed E-state index contributed by atoms with van der Waals surface area (Å²) in [5.74, 6) is 0.361. The molecule has 2 heterocycles. The number of rotatable bonds is 3. The van der Waals surface area contributed by atoms with Crippen molar-refractivity contribution in [2.75, 3.05) is 32.4 Å². The lowest BCUT2D eigenvalue weighted by molar-refractivity contribution is 0.0940. The highest BCUT2D eigenvalue weighted by Gasteiger charge is 2.18. The van der Waals surface area contributed by atoms with Gasteiger partial charge < -0.3 is 16.0 Å². The number of nitrogens with zero attached hydrogens (tertiary/aromatic N) is 2. The molecule has 1 aromatic rings. The van der Waals surface area contributed by atoms with Gasteiger partial charge in [-0.2, -0.15) is 0 Å². The summed E-state index contributed by atoms with van der Waals surface area (Å²) in [6, 6.07) is 1.50. The molecule has 1 amide bonds. The lowest BCUT2D eigenvalue weighted by Crippen LogP contribution is -2.37. The molecule has 0 bridgehead atoms. The van der Waals surface area contributed by atoms with Crippen LogP contribution < -0.4 is 11.1 Å². The molecule has 1 fully saturated rings. The second-order valence-corrected chi connectivity index (χ2v) is 5.44. The Kier molecular flexibility index (Phi) is 4.61. The highest BCUT2D eigenvalue weighted by atomic mass is 35.5. The number of hydrogen-bond acceptors (Lipinski definition) is 4. The fourth-order valence-corrected chi connectivity index (χ4v) is 2.39. The summed E-state index contributed by atoms with van der Waals surface area (Å²) in [5.41, 5.74) is 6.48. The molecule has 0 spiro atoms. The Labute approximate surface area is 118 Å². The number of anilines is 1. The molecule has 0 aliphatic carbocycles. The molecule has 0 radical (unpaired) electrons. The summed E-state index contributed by atoms with van der Waals surface area (Å²) in [7, 11) is 2.12. The summed E-state index contributed by atoms with van der Waals surface area (Å²) in [5, 5.41) is 3.20. The summed E-state index contributed by atoms with van der Waals surface area (Å²) in [4.78, 5) is 18.2. The average molecular weight is 283 g/mol. The van der Waals surface area contributed by atoms with Crippen LogP contribution in [0.1, 0.15) is 23.2 Å². The molecule has 0 saturated carbocycles. The predicted molar refractivity (Wildman–Crippen MR) is 76.2 cm³/mol. The topological polar surface area (TPSA) is 71.2 Å². The van der Waals surface area contributed by atoms with E-state index in [1.54, 1.807) is 0 Å². The number of nitrogens with one attached hydrogen (secondary N) is 1. The standard InChI is InChI=1S/C13H19ClN4O/c1-18-4-2-9(3-5-18)7-17-13(19)10-6-12(14)16-8-11(10)15/h6,8-9H,2-5,7,15H2,1H3,(H,17,19). The monoisotopic (exact) mass is 282 g/mol. The molecule has 0 aromatic carbocycles. The second-order valence-electron chi connectivity index (χ2n) is 5.05. The Balaban J connectivity index is 1.89. The maximum Gasteiger partial charge on any atom is 0.253 e. The van der Waals surface area contributed by atoms with Crippen molar-refractivity contribution < 1.29 is 4.79 Å². The Morgan fingerprint density at radius 2 is 2.26 bits per heavy atom. The van der Waals surface area contributed by atoms with E-state index in [0.29, 0.717) is 23.7 Å². The van der Waals surface area contributed by atoms with Gasteiger partial charge in [-0.25, -0.2) is 4.98 Å². The molecule has 19 heavy (non-hydrogen) atoms. The number of carbonyl (C=O) groups excluding carboxylic acids is 1. The van der Waals surface area contributed by atoms with Gasteiger partial charge in [0.1, 0.15) is 5.15 Å². The van der Waals surface area contributed by atoms with Crippen LogP contribution in [-0.4, -0.2) is 42.5 Å². The van der Waals surface area contributed by atoms with Crippen LogP contribution in [0.15, 0.2) is 12.3 Å². The van der Waals surface area contributed by atoms with E-state index in [1.165, 1.54) is 12.3 Å². The molecular formula is C13H19ClN4O. The fraction of sp³-hybridized carbons (Fsp3) is 0.538. The smallest absolute Gasteiger partial charge is 0.253 e. The van der Waals surface area contributed by atoms with E-state index in [-0.39, 0.29) is 11.1 Å². The number of aromatic nitrogens is 1. The first kappa shape index (κ1) is 14.1. The number of pyridine rings is 1. The van der Waals surface area contributed by atoms with Gasteiger partial charge in [-0.1, -0.05) is 11.6 Å². The summed E-state index contributed by atoms with van der Waals surface area (Å²) < 4.78 is 0. The highest BCUT2D eigenvalue weighted by molar-refractivity contribution is 6.29. The predicted octanol–water partition coefficient (Wildman–Crippen LogP) is 1.39. The zero-order valence-corrected chi connectivity index (χ0v) is 11.8. The number of halogens is 1. The summed E-state index contributed by atoms with van der Waals surface area (Å²) in [6.07, 6.45) is 3.64. The zero-order chi connectivity index (χ0) is 13.8. The molecule has 5 nitrogen and oxygen atoms in total. The molecule has 1 aliphatic rings. The van der Waals surface area contributed by atoms with Crippen molar-refractivity contribution in [1.82, 2.24) is 15.2 Å². The molecule has 3 N–H and O–H groups in total. The minimum atomic E-state index is -0.180. The molecule has 0 unspecified atom stereocenters. The molecule has 2 rings (SSSR count). The molecule has 0 atom stereocenters. The molecule has 1 aromatic heterocycles. The van der Waals surface area contributed by atoms with Crippen molar-refractivity contribution in [2.45, 2.75) is 12.8 Å². The van der Waals surface area contributed by atoms with Crippen molar-refractivity contribution in [3.63, 3.8) is 0 Å². The summed E-state index contributed by atoms with van der Waals surface area (Å²) in [6.45, 7) is 2.86. The Hall–Kier alpha value is -1.33. The van der Waals surface area contributed by atoms with Gasteiger partial charge in [0.25, 0.3) is 5.91 Å². The van der Waals surface area contributed by atoms with Gasteiger partial charge in [-0.3, -0.25) is 4.79 Å². The maximum atomic E-state index is 12.0. The number of piperidine rings is 1. The highest BCUT2D eigenvalue weighted by Crippen LogP contribution is 2.17. The number of likely N-dealkylation sites (tertiary alicyclic amines) is 1. The SMILES string of the molecule is CN1CCC(CNC(=O)c2cc(Cl)ncc2N)CC1. The number of hydrogen-bond donors (Lipinski definition) is 2. The van der Waals surface area contributed by atoms with Gasteiger partial charge in [-0.15, -0.1) is 0 Å². The Morgan fingerprint density at radius 3 is 2.95 bits per heavy atom. The van der Waals surface area contributed by atoms with E-state index in [0.717, 1.165) is 25.9 Å². The Bertz CT molecular complexity index is 458. The van der Waals surface area contributed by atoms with Crippen LogP contribution in [0.25, 0.3) is 0 Å². The zero-order valence-electron chi connectivity index (χ0n) is 11.0. The first-order chi connectivity index (χ1) is 9.06. The second kappa shape index (κ2) is 6.21. The molecular weight excluding hydrogens is 264 g/mol. The maximum absolute atomic E-state index is 12.0. The van der Waals surface area contributed by atoms with E-state index in [9.17, 15) is 4.79 Å². The van der Waals surface area contributed by atoms with Crippen molar-refractivity contribution in [2.24, 2.45) is 5.92 Å². The van der Waals surface area contributed by atoms with Crippen molar-refractivity contribution in [3.05, 3.63) is 23.0 Å². The number of carbonyl (C=O) groups is 1. The van der Waals surface area contributed by atoms with Crippen LogP contribution in [-0.2, 0) is 0 Å². The van der Waals surface area contributed by atoms with E-state index in [1.807, 2.05) is 0 Å². The third kappa shape index (κ3) is 3.81. The van der Waals surface area contributed by atoms with Crippen molar-refractivity contribution in [1.29, 1.82) is 0 Å². The number of amides is 1. The number of nitrogens with two attached hydrogens (primary N) is 1. The molecule has 1 aliphatic heterocycles.